The number of nitrogens with zero attached hydrogens (tertiary/aromatic N) is 1. The number of nitrogens with one attached hydrogen (secondary N) is 1. The predicted molar refractivity (Wildman–Crippen MR) is 87.2 cm³/mol. The van der Waals surface area contributed by atoms with Crippen LogP contribution in [-0.4, -0.2) is 48.9 Å². The van der Waals surface area contributed by atoms with Gasteiger partial charge in [-0.15, -0.1) is 0 Å². The van der Waals surface area contributed by atoms with Crippen molar-refractivity contribution in [3.63, 3.8) is 0 Å². The monoisotopic (exact) mass is 358 g/mol. The van der Waals surface area contributed by atoms with Gasteiger partial charge in [-0.1, -0.05) is 11.6 Å². The third-order valence-corrected chi connectivity index (χ3v) is 3.58. The summed E-state index contributed by atoms with van der Waals surface area (Å²) in [6, 6.07) is 3.26. The first-order valence-electron chi connectivity index (χ1n) is 7.35. The van der Waals surface area contributed by atoms with E-state index in [2.05, 4.69) is 10.1 Å². The number of hydrogen-bond acceptors (Lipinski definition) is 4. The van der Waals surface area contributed by atoms with Crippen LogP contribution in [0.2, 0.25) is 5.02 Å². The van der Waals surface area contributed by atoms with Crippen LogP contribution in [0.5, 0.6) is 0 Å². The van der Waals surface area contributed by atoms with Gasteiger partial charge in [-0.3, -0.25) is 14.4 Å². The maximum Gasteiger partial charge on any atom is 0.325 e. The highest BCUT2D eigenvalue weighted by Crippen LogP contribution is 2.17. The Labute approximate surface area is 144 Å². The lowest BCUT2D eigenvalue weighted by atomic mass is 10.2. The van der Waals surface area contributed by atoms with Crippen molar-refractivity contribution in [2.45, 2.75) is 26.3 Å². The van der Waals surface area contributed by atoms with Crippen molar-refractivity contribution >= 4 is 29.4 Å². The van der Waals surface area contributed by atoms with Crippen LogP contribution in [0.15, 0.2) is 18.2 Å². The summed E-state index contributed by atoms with van der Waals surface area (Å²) in [5, 5.41) is 2.54. The van der Waals surface area contributed by atoms with Gasteiger partial charge < -0.3 is 15.0 Å². The predicted octanol–water partition coefficient (Wildman–Crippen LogP) is 2.01. The van der Waals surface area contributed by atoms with E-state index in [-0.39, 0.29) is 42.0 Å². The Hall–Kier alpha value is -2.15. The summed E-state index contributed by atoms with van der Waals surface area (Å²) >= 11 is 5.80. The van der Waals surface area contributed by atoms with Crippen molar-refractivity contribution in [2.75, 3.05) is 20.2 Å². The van der Waals surface area contributed by atoms with E-state index < -0.39 is 17.7 Å². The minimum absolute atomic E-state index is 0.00618. The Morgan fingerprint density at radius 3 is 2.54 bits per heavy atom. The highest BCUT2D eigenvalue weighted by atomic mass is 35.5. The van der Waals surface area contributed by atoms with Crippen LogP contribution in [0.1, 0.15) is 30.6 Å². The molecule has 1 rings (SSSR count). The zero-order valence-corrected chi connectivity index (χ0v) is 14.5. The van der Waals surface area contributed by atoms with E-state index in [1.54, 1.807) is 13.8 Å². The molecule has 2 amide bonds. The zero-order valence-electron chi connectivity index (χ0n) is 13.8. The van der Waals surface area contributed by atoms with Crippen LogP contribution in [-0.2, 0) is 14.3 Å². The molecular weight excluding hydrogens is 339 g/mol. The number of ether oxygens (including phenoxy) is 1. The average molecular weight is 359 g/mol. The van der Waals surface area contributed by atoms with Gasteiger partial charge in [0.2, 0.25) is 5.91 Å². The number of hydrogen-bond donors (Lipinski definition) is 1. The minimum atomic E-state index is -0.540. The first kappa shape index (κ1) is 19.9. The Bertz CT molecular complexity index is 622. The molecule has 132 valence electrons. The van der Waals surface area contributed by atoms with Crippen LogP contribution in [0, 0.1) is 5.82 Å². The Balaban J connectivity index is 2.57. The molecule has 0 aliphatic carbocycles. The normalized spacial score (nSPS) is 10.4. The molecule has 1 N–H and O–H groups in total. The molecule has 0 unspecified atom stereocenters. The lowest BCUT2D eigenvalue weighted by Gasteiger charge is -2.25. The Kier molecular flexibility index (Phi) is 7.64. The van der Waals surface area contributed by atoms with Crippen LogP contribution in [0.4, 0.5) is 4.39 Å². The molecule has 1 aromatic rings. The number of benzene rings is 1. The summed E-state index contributed by atoms with van der Waals surface area (Å²) in [5.74, 6) is -1.85. The van der Waals surface area contributed by atoms with E-state index in [0.29, 0.717) is 0 Å². The fourth-order valence-electron chi connectivity index (χ4n) is 1.96. The SMILES string of the molecule is COC(=O)CN(C(=O)CCNC(=O)c1ccc(F)cc1Cl)C(C)C. The second-order valence-corrected chi connectivity index (χ2v) is 5.73. The highest BCUT2D eigenvalue weighted by molar-refractivity contribution is 6.33. The van der Waals surface area contributed by atoms with E-state index in [1.165, 1.54) is 18.1 Å². The van der Waals surface area contributed by atoms with Gasteiger partial charge in [0, 0.05) is 19.0 Å². The summed E-state index contributed by atoms with van der Waals surface area (Å²) in [4.78, 5) is 36.8. The molecule has 24 heavy (non-hydrogen) atoms. The molecule has 0 aliphatic heterocycles. The molecule has 0 aliphatic rings. The van der Waals surface area contributed by atoms with Crippen LogP contribution < -0.4 is 5.32 Å². The third kappa shape index (κ3) is 5.81. The molecule has 0 fully saturated rings. The maximum atomic E-state index is 13.0. The third-order valence-electron chi connectivity index (χ3n) is 3.27. The van der Waals surface area contributed by atoms with Crippen molar-refractivity contribution in [1.82, 2.24) is 10.2 Å². The number of carbonyl (C=O) groups excluding carboxylic acids is 3. The smallest absolute Gasteiger partial charge is 0.325 e. The molecule has 0 radical (unpaired) electrons. The van der Waals surface area contributed by atoms with E-state index >= 15 is 0 Å². The minimum Gasteiger partial charge on any atom is -0.468 e. The van der Waals surface area contributed by atoms with Gasteiger partial charge in [-0.25, -0.2) is 4.39 Å². The fraction of sp³-hybridized carbons (Fsp3) is 0.438. The van der Waals surface area contributed by atoms with Gasteiger partial charge >= 0.3 is 5.97 Å². The quantitative estimate of drug-likeness (QED) is 0.756. The van der Waals surface area contributed by atoms with Crippen molar-refractivity contribution in [1.29, 1.82) is 0 Å². The highest BCUT2D eigenvalue weighted by Gasteiger charge is 2.20. The molecular formula is C16H20ClFN2O4. The maximum absolute atomic E-state index is 13.0. The summed E-state index contributed by atoms with van der Waals surface area (Å²) in [6.45, 7) is 3.47. The summed E-state index contributed by atoms with van der Waals surface area (Å²) in [6.07, 6.45) is 0.0136. The van der Waals surface area contributed by atoms with Gasteiger partial charge in [0.25, 0.3) is 5.91 Å². The zero-order chi connectivity index (χ0) is 18.3. The molecule has 0 saturated heterocycles. The summed E-state index contributed by atoms with van der Waals surface area (Å²) < 4.78 is 17.5. The second kappa shape index (κ2) is 9.22. The molecule has 6 nitrogen and oxygen atoms in total. The van der Waals surface area contributed by atoms with Crippen molar-refractivity contribution < 1.29 is 23.5 Å². The number of methoxy groups -OCH3 is 1. The largest absolute Gasteiger partial charge is 0.468 e. The van der Waals surface area contributed by atoms with Gasteiger partial charge in [0.05, 0.1) is 17.7 Å². The van der Waals surface area contributed by atoms with E-state index in [0.717, 1.165) is 12.1 Å². The Morgan fingerprint density at radius 2 is 2.00 bits per heavy atom. The molecule has 0 aromatic heterocycles. The van der Waals surface area contributed by atoms with Crippen LogP contribution >= 0.6 is 11.6 Å². The van der Waals surface area contributed by atoms with Gasteiger partial charge in [-0.2, -0.15) is 0 Å². The first-order valence-corrected chi connectivity index (χ1v) is 7.73. The van der Waals surface area contributed by atoms with E-state index in [1.807, 2.05) is 0 Å². The summed E-state index contributed by atoms with van der Waals surface area (Å²) in [5.41, 5.74) is 0.126. The molecule has 0 atom stereocenters. The standard InChI is InChI=1S/C16H20ClFN2O4/c1-10(2)20(9-15(22)24-3)14(21)6-7-19-16(23)12-5-4-11(18)8-13(12)17/h4-5,8,10H,6-7,9H2,1-3H3,(H,19,23). The lowest BCUT2D eigenvalue weighted by molar-refractivity contribution is -0.148. The van der Waals surface area contributed by atoms with E-state index in [4.69, 9.17) is 11.6 Å². The molecule has 1 aromatic carbocycles. The molecule has 0 heterocycles. The molecule has 0 bridgehead atoms. The number of amides is 2. The van der Waals surface area contributed by atoms with Crippen molar-refractivity contribution in [3.8, 4) is 0 Å². The first-order chi connectivity index (χ1) is 11.3. The lowest BCUT2D eigenvalue weighted by Crippen LogP contribution is -2.42. The second-order valence-electron chi connectivity index (χ2n) is 5.32. The van der Waals surface area contributed by atoms with Crippen LogP contribution in [0.3, 0.4) is 0 Å². The molecule has 8 heteroatoms. The number of carbonyl (C=O) groups is 3. The average Bonchev–Trinajstić information content (AvgIpc) is 2.51. The van der Waals surface area contributed by atoms with Gasteiger partial charge in [0.1, 0.15) is 12.4 Å². The fourth-order valence-corrected chi connectivity index (χ4v) is 2.21. The number of esters is 1. The Morgan fingerprint density at radius 1 is 1.33 bits per heavy atom. The molecule has 0 spiro atoms. The van der Waals surface area contributed by atoms with Gasteiger partial charge in [0.15, 0.2) is 0 Å². The molecule has 0 saturated carbocycles. The number of halogens is 2. The van der Waals surface area contributed by atoms with E-state index in [9.17, 15) is 18.8 Å². The number of rotatable bonds is 7. The summed E-state index contributed by atoms with van der Waals surface area (Å²) in [7, 11) is 1.25. The van der Waals surface area contributed by atoms with Crippen molar-refractivity contribution in [2.24, 2.45) is 0 Å². The van der Waals surface area contributed by atoms with Gasteiger partial charge in [-0.05, 0) is 32.0 Å². The van der Waals surface area contributed by atoms with Crippen LogP contribution in [0.25, 0.3) is 0 Å². The topological polar surface area (TPSA) is 75.7 Å². The van der Waals surface area contributed by atoms with Crippen molar-refractivity contribution in [3.05, 3.63) is 34.6 Å².